The SMILES string of the molecule is NN=Nc1ncc(Br)cc1OCc1ccccc1. The van der Waals surface area contributed by atoms with Gasteiger partial charge in [-0.15, -0.1) is 5.11 Å². The third-order valence-corrected chi connectivity index (χ3v) is 2.62. The molecule has 2 rings (SSSR count). The van der Waals surface area contributed by atoms with Crippen molar-refractivity contribution in [2.24, 2.45) is 16.2 Å². The van der Waals surface area contributed by atoms with Crippen molar-refractivity contribution >= 4 is 21.7 Å². The molecule has 0 atom stereocenters. The average molecular weight is 307 g/mol. The maximum Gasteiger partial charge on any atom is 0.218 e. The van der Waals surface area contributed by atoms with Crippen molar-refractivity contribution in [3.8, 4) is 5.75 Å². The summed E-state index contributed by atoms with van der Waals surface area (Å²) in [6.45, 7) is 0.437. The summed E-state index contributed by atoms with van der Waals surface area (Å²) in [6.07, 6.45) is 1.61. The fraction of sp³-hybridized carbons (Fsp3) is 0.0833. The molecule has 0 spiro atoms. The third-order valence-electron chi connectivity index (χ3n) is 2.19. The first-order valence-electron chi connectivity index (χ1n) is 5.23. The quantitative estimate of drug-likeness (QED) is 0.534. The molecule has 2 N–H and O–H groups in total. The van der Waals surface area contributed by atoms with E-state index in [0.717, 1.165) is 10.0 Å². The van der Waals surface area contributed by atoms with E-state index >= 15 is 0 Å². The minimum atomic E-state index is 0.358. The fourth-order valence-electron chi connectivity index (χ4n) is 1.38. The summed E-state index contributed by atoms with van der Waals surface area (Å²) in [5.74, 6) is 5.91. The number of halogens is 1. The molecule has 18 heavy (non-hydrogen) atoms. The van der Waals surface area contributed by atoms with Gasteiger partial charge in [0.2, 0.25) is 5.82 Å². The van der Waals surface area contributed by atoms with Crippen molar-refractivity contribution in [3.05, 3.63) is 52.6 Å². The second kappa shape index (κ2) is 6.11. The van der Waals surface area contributed by atoms with Crippen LogP contribution in [0, 0.1) is 0 Å². The molecular formula is C12H11BrN4O. The van der Waals surface area contributed by atoms with E-state index in [4.69, 9.17) is 10.6 Å². The van der Waals surface area contributed by atoms with Gasteiger partial charge in [-0.1, -0.05) is 35.6 Å². The fourth-order valence-corrected chi connectivity index (χ4v) is 1.70. The van der Waals surface area contributed by atoms with Gasteiger partial charge >= 0.3 is 0 Å². The molecule has 0 radical (unpaired) electrons. The zero-order valence-corrected chi connectivity index (χ0v) is 11.0. The summed E-state index contributed by atoms with van der Waals surface area (Å²) in [6, 6.07) is 11.6. The van der Waals surface area contributed by atoms with Crippen LogP contribution in [0.3, 0.4) is 0 Å². The van der Waals surface area contributed by atoms with Gasteiger partial charge in [0.1, 0.15) is 6.61 Å². The van der Waals surface area contributed by atoms with Crippen molar-refractivity contribution in [1.82, 2.24) is 4.98 Å². The standard InChI is InChI=1S/C12H11BrN4O/c13-10-6-11(12(15-7-10)16-17-14)18-8-9-4-2-1-3-5-9/h1-7H,8H2,(H2,14,15,16). The number of ether oxygens (including phenoxy) is 1. The van der Waals surface area contributed by atoms with E-state index < -0.39 is 0 Å². The van der Waals surface area contributed by atoms with Crippen LogP contribution in [0.2, 0.25) is 0 Å². The number of hydrogen-bond acceptors (Lipinski definition) is 4. The van der Waals surface area contributed by atoms with Gasteiger partial charge in [0.15, 0.2) is 5.75 Å². The van der Waals surface area contributed by atoms with E-state index in [-0.39, 0.29) is 0 Å². The summed E-state index contributed by atoms with van der Waals surface area (Å²) < 4.78 is 6.46. The van der Waals surface area contributed by atoms with Crippen LogP contribution in [-0.4, -0.2) is 4.98 Å². The Morgan fingerprint density at radius 3 is 2.78 bits per heavy atom. The number of benzene rings is 1. The zero-order valence-electron chi connectivity index (χ0n) is 9.45. The van der Waals surface area contributed by atoms with Crippen molar-refractivity contribution in [2.45, 2.75) is 6.61 Å². The highest BCUT2D eigenvalue weighted by molar-refractivity contribution is 9.10. The van der Waals surface area contributed by atoms with Crippen molar-refractivity contribution in [2.75, 3.05) is 0 Å². The minimum Gasteiger partial charge on any atom is -0.485 e. The molecule has 0 unspecified atom stereocenters. The average Bonchev–Trinajstić information content (AvgIpc) is 2.40. The molecule has 0 aliphatic rings. The molecular weight excluding hydrogens is 296 g/mol. The van der Waals surface area contributed by atoms with Gasteiger partial charge in [-0.05, 0) is 27.6 Å². The Hall–Kier alpha value is -1.95. The van der Waals surface area contributed by atoms with Crippen LogP contribution in [-0.2, 0) is 6.61 Å². The van der Waals surface area contributed by atoms with Gasteiger partial charge in [-0.3, -0.25) is 0 Å². The molecule has 1 aromatic carbocycles. The first-order chi connectivity index (χ1) is 8.79. The molecule has 0 saturated heterocycles. The van der Waals surface area contributed by atoms with E-state index in [0.29, 0.717) is 18.2 Å². The van der Waals surface area contributed by atoms with Crippen LogP contribution < -0.4 is 10.6 Å². The molecule has 6 heteroatoms. The summed E-state index contributed by atoms with van der Waals surface area (Å²) in [5.41, 5.74) is 1.06. The maximum absolute atomic E-state index is 5.65. The molecule has 92 valence electrons. The number of rotatable bonds is 4. The predicted octanol–water partition coefficient (Wildman–Crippen LogP) is 3.38. The Morgan fingerprint density at radius 2 is 2.06 bits per heavy atom. The van der Waals surface area contributed by atoms with E-state index in [1.807, 2.05) is 30.3 Å². The Labute approximate surface area is 113 Å². The first-order valence-corrected chi connectivity index (χ1v) is 6.02. The molecule has 0 bridgehead atoms. The Balaban J connectivity index is 2.15. The number of nitrogens with zero attached hydrogens (tertiary/aromatic N) is 3. The van der Waals surface area contributed by atoms with Crippen LogP contribution in [0.5, 0.6) is 5.75 Å². The monoisotopic (exact) mass is 306 g/mol. The summed E-state index contributed by atoms with van der Waals surface area (Å²) in [5, 5.41) is 6.92. The van der Waals surface area contributed by atoms with Crippen LogP contribution >= 0.6 is 15.9 Å². The molecule has 5 nitrogen and oxygen atoms in total. The highest BCUT2D eigenvalue weighted by atomic mass is 79.9. The minimum absolute atomic E-state index is 0.358. The lowest BCUT2D eigenvalue weighted by Gasteiger charge is -2.07. The van der Waals surface area contributed by atoms with E-state index in [1.54, 1.807) is 12.3 Å². The highest BCUT2D eigenvalue weighted by Crippen LogP contribution is 2.28. The Morgan fingerprint density at radius 1 is 1.28 bits per heavy atom. The van der Waals surface area contributed by atoms with E-state index in [2.05, 4.69) is 31.3 Å². The topological polar surface area (TPSA) is 72.9 Å². The third kappa shape index (κ3) is 3.27. The van der Waals surface area contributed by atoms with Crippen LogP contribution in [0.1, 0.15) is 5.56 Å². The van der Waals surface area contributed by atoms with Gasteiger partial charge in [-0.2, -0.15) is 0 Å². The van der Waals surface area contributed by atoms with Gasteiger partial charge in [0.25, 0.3) is 0 Å². The second-order valence-electron chi connectivity index (χ2n) is 3.47. The lowest BCUT2D eigenvalue weighted by atomic mass is 10.2. The van der Waals surface area contributed by atoms with E-state index in [1.165, 1.54) is 0 Å². The molecule has 0 fully saturated rings. The van der Waals surface area contributed by atoms with Gasteiger partial charge in [0.05, 0.1) is 0 Å². The summed E-state index contributed by atoms with van der Waals surface area (Å²) in [7, 11) is 0. The Bertz CT molecular complexity index is 545. The predicted molar refractivity (Wildman–Crippen MR) is 71.4 cm³/mol. The maximum atomic E-state index is 5.65. The van der Waals surface area contributed by atoms with Crippen molar-refractivity contribution in [3.63, 3.8) is 0 Å². The largest absolute Gasteiger partial charge is 0.485 e. The number of aromatic nitrogens is 1. The number of nitrogens with two attached hydrogens (primary N) is 1. The Kier molecular flexibility index (Phi) is 4.25. The van der Waals surface area contributed by atoms with Gasteiger partial charge in [0, 0.05) is 10.7 Å². The molecule has 0 aliphatic heterocycles. The van der Waals surface area contributed by atoms with Crippen LogP contribution in [0.25, 0.3) is 0 Å². The molecule has 2 aromatic rings. The van der Waals surface area contributed by atoms with Crippen molar-refractivity contribution in [1.29, 1.82) is 0 Å². The first kappa shape index (κ1) is 12.5. The van der Waals surface area contributed by atoms with E-state index in [9.17, 15) is 0 Å². The smallest absolute Gasteiger partial charge is 0.218 e. The molecule has 1 aromatic heterocycles. The van der Waals surface area contributed by atoms with Crippen LogP contribution in [0.15, 0.2) is 57.4 Å². The molecule has 0 aliphatic carbocycles. The lowest BCUT2D eigenvalue weighted by Crippen LogP contribution is -1.96. The second-order valence-corrected chi connectivity index (χ2v) is 4.38. The molecule has 1 heterocycles. The lowest BCUT2D eigenvalue weighted by molar-refractivity contribution is 0.306. The van der Waals surface area contributed by atoms with Crippen LogP contribution in [0.4, 0.5) is 5.82 Å². The summed E-state index contributed by atoms with van der Waals surface area (Å²) >= 11 is 3.33. The normalized spacial score (nSPS) is 10.7. The number of hydrogen-bond donors (Lipinski definition) is 1. The zero-order chi connectivity index (χ0) is 12.8. The number of pyridine rings is 1. The van der Waals surface area contributed by atoms with Gasteiger partial charge in [-0.25, -0.2) is 4.98 Å². The van der Waals surface area contributed by atoms with Crippen molar-refractivity contribution < 1.29 is 4.74 Å². The summed E-state index contributed by atoms with van der Waals surface area (Å²) in [4.78, 5) is 4.07. The van der Waals surface area contributed by atoms with Gasteiger partial charge < -0.3 is 10.6 Å². The molecule has 0 amide bonds. The highest BCUT2D eigenvalue weighted by Gasteiger charge is 2.06. The molecule has 0 saturated carbocycles.